The summed E-state index contributed by atoms with van der Waals surface area (Å²) >= 11 is 1.00. The number of rotatable bonds is 6. The van der Waals surface area contributed by atoms with Crippen molar-refractivity contribution in [2.45, 2.75) is 29.3 Å². The summed E-state index contributed by atoms with van der Waals surface area (Å²) in [5, 5.41) is 0.264. The van der Waals surface area contributed by atoms with Crippen LogP contribution in [0.15, 0.2) is 17.2 Å². The van der Waals surface area contributed by atoms with Crippen LogP contribution in [0.25, 0.3) is 0 Å². The van der Waals surface area contributed by atoms with Crippen LogP contribution in [-0.4, -0.2) is 45.8 Å². The summed E-state index contributed by atoms with van der Waals surface area (Å²) in [5.41, 5.74) is -0.815. The second-order valence-electron chi connectivity index (χ2n) is 4.46. The molecule has 1 aromatic rings. The Bertz CT molecular complexity index is 658. The number of carbonyl (C=O) groups is 1. The predicted molar refractivity (Wildman–Crippen MR) is 66.0 cm³/mol. The van der Waals surface area contributed by atoms with Gasteiger partial charge in [-0.15, -0.1) is 20.5 Å². The molecule has 1 rings (SSSR count). The molecule has 0 aliphatic carbocycles. The van der Waals surface area contributed by atoms with Crippen molar-refractivity contribution in [3.05, 3.63) is 22.7 Å². The van der Waals surface area contributed by atoms with Gasteiger partial charge in [-0.3, -0.25) is 0 Å². The van der Waals surface area contributed by atoms with Crippen LogP contribution in [0, 0.1) is 4.91 Å². The van der Waals surface area contributed by atoms with Crippen molar-refractivity contribution in [1.82, 2.24) is 4.57 Å². The van der Waals surface area contributed by atoms with Gasteiger partial charge in [0.2, 0.25) is 0 Å². The van der Waals surface area contributed by atoms with Crippen molar-refractivity contribution in [3.8, 4) is 0 Å². The molecule has 0 saturated heterocycles. The van der Waals surface area contributed by atoms with E-state index in [0.717, 1.165) is 29.4 Å². The third-order valence-corrected chi connectivity index (χ3v) is 3.84. The molecule has 13 heteroatoms. The predicted octanol–water partition coefficient (Wildman–Crippen LogP) is 3.79. The summed E-state index contributed by atoms with van der Waals surface area (Å²) in [6.07, 6.45) is -3.68. The van der Waals surface area contributed by atoms with Crippen molar-refractivity contribution >= 4 is 17.7 Å². The minimum Gasteiger partial charge on any atom is -0.331 e. The van der Waals surface area contributed by atoms with Gasteiger partial charge in [0.1, 0.15) is 0 Å². The minimum atomic E-state index is -6.79. The summed E-state index contributed by atoms with van der Waals surface area (Å²) in [6, 6.07) is -4.41. The maximum absolute atomic E-state index is 13.4. The van der Waals surface area contributed by atoms with Gasteiger partial charge in [0, 0.05) is 12.0 Å². The van der Waals surface area contributed by atoms with Crippen molar-refractivity contribution in [2.75, 3.05) is 6.26 Å². The van der Waals surface area contributed by atoms with E-state index in [1.807, 2.05) is 0 Å². The summed E-state index contributed by atoms with van der Waals surface area (Å²) < 4.78 is 101. The first-order valence-electron chi connectivity index (χ1n) is 5.86. The van der Waals surface area contributed by atoms with Gasteiger partial charge < -0.3 is 4.57 Å². The number of nitroso groups, excluding NO2 is 1. The van der Waals surface area contributed by atoms with E-state index in [2.05, 4.69) is 0 Å². The molecular formula is C11H9F8N2O2S+. The Labute approximate surface area is 133 Å². The number of hydrogen-bond acceptors (Lipinski definition) is 3. The number of halogens is 8. The fourth-order valence-corrected chi connectivity index (χ4v) is 2.19. The molecule has 0 bridgehead atoms. The van der Waals surface area contributed by atoms with Crippen LogP contribution < -0.4 is 0 Å². The number of carbonyl (C=O) groups excluding carboxylic acids is 1. The maximum Gasteiger partial charge on any atom is 0.582 e. The van der Waals surface area contributed by atoms with Gasteiger partial charge >= 0.3 is 30.2 Å². The fraction of sp³-hybridized carbons (Fsp3) is 0.545. The van der Waals surface area contributed by atoms with Crippen molar-refractivity contribution in [1.29, 1.82) is 0 Å². The van der Waals surface area contributed by atoms with Crippen molar-refractivity contribution < 1.29 is 44.7 Å². The topological polar surface area (TPSA) is 42.1 Å². The lowest BCUT2D eigenvalue weighted by atomic mass is 10.1. The molecule has 24 heavy (non-hydrogen) atoms. The van der Waals surface area contributed by atoms with Crippen LogP contribution in [0.5, 0.6) is 0 Å². The molecule has 0 saturated carbocycles. The van der Waals surface area contributed by atoms with Gasteiger partial charge in [-0.2, -0.15) is 17.6 Å². The van der Waals surface area contributed by atoms with Gasteiger partial charge in [0.05, 0.1) is 5.03 Å². The Balaban J connectivity index is 3.29. The quantitative estimate of drug-likeness (QED) is 0.324. The average Bonchev–Trinajstić information content (AvgIpc) is 2.85. The zero-order valence-electron chi connectivity index (χ0n) is 11.9. The van der Waals surface area contributed by atoms with Gasteiger partial charge in [0.15, 0.2) is 10.5 Å². The van der Waals surface area contributed by atoms with Gasteiger partial charge in [-0.1, -0.05) is 0 Å². The van der Waals surface area contributed by atoms with Crippen LogP contribution >= 0.6 is 11.8 Å². The number of amides is 1. The van der Waals surface area contributed by atoms with Crippen molar-refractivity contribution in [3.63, 3.8) is 0 Å². The zero-order chi connectivity index (χ0) is 19.1. The Kier molecular flexibility index (Phi) is 5.38. The molecule has 0 atom stereocenters. The summed E-state index contributed by atoms with van der Waals surface area (Å²) in [5.74, 6) is -15.6. The lowest BCUT2D eigenvalue weighted by Crippen LogP contribution is -2.62. The molecule has 0 unspecified atom stereocenters. The van der Waals surface area contributed by atoms with Crippen LogP contribution in [0.2, 0.25) is 0 Å². The highest BCUT2D eigenvalue weighted by molar-refractivity contribution is 7.98. The minimum absolute atomic E-state index is 0.264. The molecule has 136 valence electrons. The SMILES string of the molecule is CSc1ccc(C(=O)[N+](=O)C(F)(F)C(F)(F)C(F)(F)C(F)F)n1C. The van der Waals surface area contributed by atoms with E-state index >= 15 is 0 Å². The molecule has 0 spiro atoms. The molecule has 4 nitrogen and oxygen atoms in total. The van der Waals surface area contributed by atoms with Crippen LogP contribution in [-0.2, 0) is 7.05 Å². The van der Waals surface area contributed by atoms with E-state index in [-0.39, 0.29) is 5.03 Å². The Morgan fingerprint density at radius 2 is 1.67 bits per heavy atom. The summed E-state index contributed by atoms with van der Waals surface area (Å²) in [7, 11) is 1.12. The first-order chi connectivity index (χ1) is 10.7. The number of hydrogen-bond donors (Lipinski definition) is 0. The van der Waals surface area contributed by atoms with E-state index in [9.17, 15) is 44.8 Å². The third-order valence-electron chi connectivity index (χ3n) is 3.01. The highest BCUT2D eigenvalue weighted by Crippen LogP contribution is 2.49. The first-order valence-corrected chi connectivity index (χ1v) is 7.09. The standard InChI is InChI=1S/C11H9F8N2O2S/c1-20-5(3-4-6(20)24-2)7(22)21(23)11(18,19)10(16,17)9(14,15)8(12)13/h3-4,8H,1-2H3/q+1. The molecule has 0 N–H and O–H groups in total. The summed E-state index contributed by atoms with van der Waals surface area (Å²) in [4.78, 5) is 22.9. The van der Waals surface area contributed by atoms with Crippen LogP contribution in [0.4, 0.5) is 35.1 Å². The van der Waals surface area contributed by atoms with E-state index in [1.54, 1.807) is 0 Å². The monoisotopic (exact) mass is 385 g/mol. The van der Waals surface area contributed by atoms with Gasteiger partial charge in [0.25, 0.3) is 0 Å². The molecule has 1 aromatic heterocycles. The molecular weight excluding hydrogens is 376 g/mol. The number of nitrogens with zero attached hydrogens (tertiary/aromatic N) is 2. The van der Waals surface area contributed by atoms with Gasteiger partial charge in [-0.25, -0.2) is 13.6 Å². The Hall–Kier alpha value is -1.66. The molecule has 0 fully saturated rings. The second kappa shape index (κ2) is 6.33. The van der Waals surface area contributed by atoms with E-state index < -0.39 is 40.7 Å². The molecule has 0 radical (unpaired) electrons. The lowest BCUT2D eigenvalue weighted by molar-refractivity contribution is -0.663. The maximum atomic E-state index is 13.4. The number of alkyl halides is 8. The van der Waals surface area contributed by atoms with Crippen molar-refractivity contribution in [2.24, 2.45) is 7.05 Å². The van der Waals surface area contributed by atoms with Crippen LogP contribution in [0.3, 0.4) is 0 Å². The molecule has 0 aromatic carbocycles. The normalized spacial score (nSPS) is 13.5. The average molecular weight is 385 g/mol. The number of thioether (sulfide) groups is 1. The fourth-order valence-electron chi connectivity index (χ4n) is 1.61. The van der Waals surface area contributed by atoms with Gasteiger partial charge in [-0.05, 0) is 18.4 Å². The Morgan fingerprint density at radius 1 is 1.17 bits per heavy atom. The van der Waals surface area contributed by atoms with Crippen LogP contribution in [0.1, 0.15) is 10.5 Å². The lowest BCUT2D eigenvalue weighted by Gasteiger charge is -2.25. The largest absolute Gasteiger partial charge is 0.582 e. The van der Waals surface area contributed by atoms with E-state index in [0.29, 0.717) is 0 Å². The van der Waals surface area contributed by atoms with E-state index in [1.165, 1.54) is 12.3 Å². The summed E-state index contributed by atoms with van der Waals surface area (Å²) in [6.45, 7) is 0. The smallest absolute Gasteiger partial charge is 0.331 e. The highest BCUT2D eigenvalue weighted by Gasteiger charge is 2.85. The first kappa shape index (κ1) is 20.4. The third kappa shape index (κ3) is 2.89. The molecule has 0 aliphatic rings. The number of aromatic nitrogens is 1. The molecule has 0 aliphatic heterocycles. The Morgan fingerprint density at radius 3 is 2.04 bits per heavy atom. The highest BCUT2D eigenvalue weighted by atomic mass is 32.2. The molecule has 1 amide bonds. The zero-order valence-corrected chi connectivity index (χ0v) is 12.7. The van der Waals surface area contributed by atoms with E-state index in [4.69, 9.17) is 0 Å². The molecule has 1 heterocycles. The second-order valence-corrected chi connectivity index (χ2v) is 5.29.